The van der Waals surface area contributed by atoms with Gasteiger partial charge in [0, 0.05) is 0 Å². The van der Waals surface area contributed by atoms with Crippen LogP contribution in [0.15, 0.2) is 48.5 Å². The molecule has 0 amide bonds. The standard InChI is InChI=1S/C21H26NO2Si/c1-21(2,3)20(24-25(4)5)17-11-9-16(10-12-17)19(23)18-8-6-7-15(13-18)14-22/h6-13,19-20,23H,1-5H3/t19-,20?/m0/s1. The minimum atomic E-state index is -0.819. The Morgan fingerprint density at radius 1 is 1.00 bits per heavy atom. The van der Waals surface area contributed by atoms with Crippen molar-refractivity contribution in [3.05, 3.63) is 70.8 Å². The first-order valence-corrected chi connectivity index (χ1v) is 10.9. The van der Waals surface area contributed by atoms with Crippen LogP contribution in [0.2, 0.25) is 13.1 Å². The van der Waals surface area contributed by atoms with Gasteiger partial charge in [-0.15, -0.1) is 0 Å². The largest absolute Gasteiger partial charge is 0.410 e. The van der Waals surface area contributed by atoms with Crippen LogP contribution < -0.4 is 0 Å². The lowest BCUT2D eigenvalue weighted by Crippen LogP contribution is -2.25. The third kappa shape index (κ3) is 5.02. The Kier molecular flexibility index (Phi) is 6.18. The zero-order chi connectivity index (χ0) is 18.6. The van der Waals surface area contributed by atoms with Gasteiger partial charge in [-0.3, -0.25) is 0 Å². The smallest absolute Gasteiger partial charge is 0.205 e. The zero-order valence-electron chi connectivity index (χ0n) is 15.6. The number of benzene rings is 2. The van der Waals surface area contributed by atoms with Crippen molar-refractivity contribution in [2.45, 2.75) is 46.1 Å². The molecule has 0 heterocycles. The van der Waals surface area contributed by atoms with E-state index in [1.165, 1.54) is 0 Å². The van der Waals surface area contributed by atoms with Crippen LogP contribution in [-0.2, 0) is 4.43 Å². The molecule has 3 nitrogen and oxygen atoms in total. The summed E-state index contributed by atoms with van der Waals surface area (Å²) in [5.74, 6) is 0. The second-order valence-electron chi connectivity index (χ2n) is 7.58. The van der Waals surface area contributed by atoms with Gasteiger partial charge in [0.25, 0.3) is 0 Å². The van der Waals surface area contributed by atoms with E-state index >= 15 is 0 Å². The predicted molar refractivity (Wildman–Crippen MR) is 102 cm³/mol. The average molecular weight is 353 g/mol. The fourth-order valence-electron chi connectivity index (χ4n) is 2.80. The summed E-state index contributed by atoms with van der Waals surface area (Å²) in [5, 5.41) is 19.6. The van der Waals surface area contributed by atoms with Crippen LogP contribution in [0.4, 0.5) is 0 Å². The second-order valence-corrected chi connectivity index (χ2v) is 9.63. The lowest BCUT2D eigenvalue weighted by Gasteiger charge is -2.33. The van der Waals surface area contributed by atoms with E-state index in [4.69, 9.17) is 9.69 Å². The van der Waals surface area contributed by atoms with E-state index in [1.54, 1.807) is 18.2 Å². The Labute approximate surface area is 152 Å². The van der Waals surface area contributed by atoms with Crippen molar-refractivity contribution in [1.82, 2.24) is 0 Å². The lowest BCUT2D eigenvalue weighted by atomic mass is 9.84. The molecule has 0 bridgehead atoms. The van der Waals surface area contributed by atoms with Crippen molar-refractivity contribution in [1.29, 1.82) is 5.26 Å². The summed E-state index contributed by atoms with van der Waals surface area (Å²) in [5.41, 5.74) is 3.21. The van der Waals surface area contributed by atoms with Gasteiger partial charge < -0.3 is 9.53 Å². The van der Waals surface area contributed by atoms with E-state index in [9.17, 15) is 5.11 Å². The highest BCUT2D eigenvalue weighted by Gasteiger charge is 2.28. The third-order valence-corrected chi connectivity index (χ3v) is 4.73. The van der Waals surface area contributed by atoms with Crippen molar-refractivity contribution in [2.24, 2.45) is 5.41 Å². The van der Waals surface area contributed by atoms with E-state index in [1.807, 2.05) is 30.3 Å². The average Bonchev–Trinajstić information content (AvgIpc) is 2.58. The van der Waals surface area contributed by atoms with Gasteiger partial charge in [0.15, 0.2) is 0 Å². The van der Waals surface area contributed by atoms with Crippen LogP contribution in [0.5, 0.6) is 0 Å². The van der Waals surface area contributed by atoms with Crippen molar-refractivity contribution in [3.63, 3.8) is 0 Å². The molecule has 0 aromatic heterocycles. The lowest BCUT2D eigenvalue weighted by molar-refractivity contribution is 0.0865. The van der Waals surface area contributed by atoms with Gasteiger partial charge in [0.2, 0.25) is 9.04 Å². The van der Waals surface area contributed by atoms with Crippen LogP contribution in [-0.4, -0.2) is 14.1 Å². The molecule has 1 unspecified atom stereocenters. The van der Waals surface area contributed by atoms with Gasteiger partial charge >= 0.3 is 0 Å². The quantitative estimate of drug-likeness (QED) is 0.771. The highest BCUT2D eigenvalue weighted by atomic mass is 28.3. The van der Waals surface area contributed by atoms with Crippen LogP contribution in [0.1, 0.15) is 55.2 Å². The molecule has 0 aliphatic carbocycles. The van der Waals surface area contributed by atoms with Crippen LogP contribution in [0.25, 0.3) is 0 Å². The summed E-state index contributed by atoms with van der Waals surface area (Å²) in [6, 6.07) is 17.2. The monoisotopic (exact) mass is 352 g/mol. The van der Waals surface area contributed by atoms with E-state index < -0.39 is 15.1 Å². The van der Waals surface area contributed by atoms with Crippen molar-refractivity contribution in [2.75, 3.05) is 0 Å². The van der Waals surface area contributed by atoms with Crippen LogP contribution >= 0.6 is 0 Å². The number of nitriles is 1. The summed E-state index contributed by atoms with van der Waals surface area (Å²) < 4.78 is 6.22. The van der Waals surface area contributed by atoms with Gasteiger partial charge in [-0.1, -0.05) is 57.2 Å². The molecule has 2 rings (SSSR count). The molecule has 0 fully saturated rings. The third-order valence-electron chi connectivity index (χ3n) is 4.03. The highest BCUT2D eigenvalue weighted by molar-refractivity contribution is 6.48. The molecule has 25 heavy (non-hydrogen) atoms. The van der Waals surface area contributed by atoms with Gasteiger partial charge in [-0.2, -0.15) is 5.26 Å². The molecule has 2 aromatic rings. The van der Waals surface area contributed by atoms with Gasteiger partial charge in [0.05, 0.1) is 17.7 Å². The van der Waals surface area contributed by atoms with Gasteiger partial charge in [-0.25, -0.2) is 0 Å². The van der Waals surface area contributed by atoms with Crippen LogP contribution in [0.3, 0.4) is 0 Å². The minimum Gasteiger partial charge on any atom is -0.410 e. The van der Waals surface area contributed by atoms with Crippen molar-refractivity contribution >= 4 is 9.04 Å². The Morgan fingerprint density at radius 3 is 2.12 bits per heavy atom. The molecule has 0 aliphatic heterocycles. The molecule has 0 saturated heterocycles. The summed E-state index contributed by atoms with van der Waals surface area (Å²) in [7, 11) is -0.819. The molecule has 1 N–H and O–H groups in total. The molecule has 0 saturated carbocycles. The molecule has 2 aromatic carbocycles. The number of aliphatic hydroxyl groups excluding tert-OH is 1. The minimum absolute atomic E-state index is 0.00317. The molecule has 1 radical (unpaired) electrons. The molecule has 0 aliphatic rings. The maximum absolute atomic E-state index is 10.6. The van der Waals surface area contributed by atoms with E-state index in [-0.39, 0.29) is 11.5 Å². The maximum Gasteiger partial charge on any atom is 0.205 e. The Hall–Kier alpha value is -1.93. The molecular weight excluding hydrogens is 326 g/mol. The zero-order valence-corrected chi connectivity index (χ0v) is 16.6. The van der Waals surface area contributed by atoms with Crippen molar-refractivity contribution < 1.29 is 9.53 Å². The number of hydrogen-bond acceptors (Lipinski definition) is 3. The summed E-state index contributed by atoms with van der Waals surface area (Å²) in [4.78, 5) is 0. The second kappa shape index (κ2) is 7.96. The summed E-state index contributed by atoms with van der Waals surface area (Å²) in [6.45, 7) is 10.8. The predicted octanol–water partition coefficient (Wildman–Crippen LogP) is 4.99. The van der Waals surface area contributed by atoms with E-state index in [0.29, 0.717) is 5.56 Å². The van der Waals surface area contributed by atoms with Gasteiger partial charge in [-0.05, 0) is 47.3 Å². The van der Waals surface area contributed by atoms with Crippen LogP contribution in [0, 0.1) is 16.7 Å². The molecule has 131 valence electrons. The number of aliphatic hydroxyl groups is 1. The summed E-state index contributed by atoms with van der Waals surface area (Å²) >= 11 is 0. The Morgan fingerprint density at radius 2 is 1.60 bits per heavy atom. The Balaban J connectivity index is 2.27. The molecule has 0 spiro atoms. The van der Waals surface area contributed by atoms with Crippen molar-refractivity contribution in [3.8, 4) is 6.07 Å². The number of hydrogen-bond donors (Lipinski definition) is 1. The Bertz CT molecular complexity index is 742. The highest BCUT2D eigenvalue weighted by Crippen LogP contribution is 2.37. The fraction of sp³-hybridized carbons (Fsp3) is 0.381. The first-order valence-electron chi connectivity index (χ1n) is 8.47. The normalized spacial score (nSPS) is 14.2. The number of nitrogens with zero attached hydrogens (tertiary/aromatic N) is 1. The van der Waals surface area contributed by atoms with E-state index in [2.05, 4.69) is 39.9 Å². The number of rotatable bonds is 5. The molecule has 4 heteroatoms. The van der Waals surface area contributed by atoms with Gasteiger partial charge in [0.1, 0.15) is 6.10 Å². The SMILES string of the molecule is C[Si](C)OC(c1ccc([C@H](O)c2cccc(C#N)c2)cc1)C(C)(C)C. The first kappa shape index (κ1) is 19.4. The summed E-state index contributed by atoms with van der Waals surface area (Å²) in [6.07, 6.45) is -0.710. The van der Waals surface area contributed by atoms with E-state index in [0.717, 1.165) is 16.7 Å². The first-order chi connectivity index (χ1) is 11.7. The fourth-order valence-corrected chi connectivity index (χ4v) is 3.77. The maximum atomic E-state index is 10.6. The molecule has 2 atom stereocenters. The molecular formula is C21H26NO2Si. The topological polar surface area (TPSA) is 53.2 Å².